The molecule has 0 N–H and O–H groups in total. The summed E-state index contributed by atoms with van der Waals surface area (Å²) >= 11 is 5.96. The maximum Gasteiger partial charge on any atom is 0.341 e. The number of pyridine rings is 1. The van der Waals surface area contributed by atoms with Gasteiger partial charge in [-0.25, -0.2) is 4.79 Å². The first-order valence-electron chi connectivity index (χ1n) is 8.54. The molecule has 0 saturated carbocycles. The first-order chi connectivity index (χ1) is 13.5. The van der Waals surface area contributed by atoms with Gasteiger partial charge in [0.15, 0.2) is 0 Å². The van der Waals surface area contributed by atoms with E-state index in [4.69, 9.17) is 16.3 Å². The lowest BCUT2D eigenvalue weighted by molar-refractivity contribution is 0.0600. The van der Waals surface area contributed by atoms with Crippen molar-refractivity contribution in [2.45, 2.75) is 6.92 Å². The van der Waals surface area contributed by atoms with Crippen LogP contribution in [0.15, 0.2) is 65.7 Å². The Morgan fingerprint density at radius 1 is 1.07 bits per heavy atom. The minimum Gasteiger partial charge on any atom is -0.465 e. The molecule has 2 aliphatic heterocycles. The molecule has 28 heavy (non-hydrogen) atoms. The van der Waals surface area contributed by atoms with Crippen LogP contribution in [0.25, 0.3) is 22.6 Å². The molecule has 0 unspecified atom stereocenters. The van der Waals surface area contributed by atoms with Crippen molar-refractivity contribution in [2.24, 2.45) is 0 Å². The Morgan fingerprint density at radius 2 is 1.82 bits per heavy atom. The highest BCUT2D eigenvalue weighted by atomic mass is 35.5. The lowest BCUT2D eigenvalue weighted by atomic mass is 10.1. The number of fused-ring (bicyclic) bond motifs is 1. The van der Waals surface area contributed by atoms with E-state index >= 15 is 0 Å². The smallest absolute Gasteiger partial charge is 0.341 e. The molecule has 0 bridgehead atoms. The van der Waals surface area contributed by atoms with Gasteiger partial charge in [0.1, 0.15) is 11.3 Å². The van der Waals surface area contributed by atoms with E-state index in [0.717, 1.165) is 11.3 Å². The molecule has 0 atom stereocenters. The number of ether oxygens (including phenoxy) is 1. The van der Waals surface area contributed by atoms with Crippen LogP contribution in [0.1, 0.15) is 15.9 Å². The zero-order chi connectivity index (χ0) is 19.8. The van der Waals surface area contributed by atoms with Crippen LogP contribution in [0.4, 0.5) is 0 Å². The van der Waals surface area contributed by atoms with Crippen LogP contribution in [0.2, 0.25) is 5.02 Å². The van der Waals surface area contributed by atoms with Gasteiger partial charge in [-0.05, 0) is 48.9 Å². The van der Waals surface area contributed by atoms with E-state index in [9.17, 15) is 9.59 Å². The SMILES string of the molecule is COC(=O)c1cn(-c2ccc(Cl)cc2)cc2c(=O)n(-c3cccc(C)c3)nc1-2. The summed E-state index contributed by atoms with van der Waals surface area (Å²) in [6.45, 7) is 1.94. The van der Waals surface area contributed by atoms with Crippen molar-refractivity contribution in [2.75, 3.05) is 7.11 Å². The van der Waals surface area contributed by atoms with Crippen LogP contribution in [0, 0.1) is 6.92 Å². The van der Waals surface area contributed by atoms with E-state index in [0.29, 0.717) is 22.0 Å². The highest BCUT2D eigenvalue weighted by molar-refractivity contribution is 6.30. The van der Waals surface area contributed by atoms with Crippen molar-refractivity contribution in [3.05, 3.63) is 87.4 Å². The number of carbonyl (C=O) groups excluding carboxylic acids is 1. The maximum atomic E-state index is 13.1. The van der Waals surface area contributed by atoms with E-state index in [1.165, 1.54) is 11.8 Å². The number of aryl methyl sites for hydroxylation is 1. The first kappa shape index (κ1) is 18.0. The molecule has 2 heterocycles. The molecule has 0 aromatic heterocycles. The number of rotatable bonds is 3. The number of hydrogen-bond donors (Lipinski definition) is 0. The molecule has 4 rings (SSSR count). The van der Waals surface area contributed by atoms with Crippen molar-refractivity contribution >= 4 is 17.6 Å². The van der Waals surface area contributed by atoms with E-state index in [1.54, 1.807) is 47.3 Å². The van der Waals surface area contributed by atoms with Gasteiger partial charge in [-0.2, -0.15) is 9.78 Å². The number of carbonyl (C=O) groups is 1. The maximum absolute atomic E-state index is 13.1. The van der Waals surface area contributed by atoms with Gasteiger partial charge in [0.2, 0.25) is 0 Å². The Labute approximate surface area is 165 Å². The van der Waals surface area contributed by atoms with E-state index in [1.807, 2.05) is 25.1 Å². The number of esters is 1. The summed E-state index contributed by atoms with van der Waals surface area (Å²) in [4.78, 5) is 25.4. The highest BCUT2D eigenvalue weighted by Crippen LogP contribution is 2.25. The molecule has 6 nitrogen and oxygen atoms in total. The van der Waals surface area contributed by atoms with Gasteiger partial charge in [-0.15, -0.1) is 0 Å². The molecule has 140 valence electrons. The minimum atomic E-state index is -0.567. The van der Waals surface area contributed by atoms with Gasteiger partial charge < -0.3 is 9.30 Å². The largest absolute Gasteiger partial charge is 0.465 e. The summed E-state index contributed by atoms with van der Waals surface area (Å²) in [7, 11) is 1.30. The number of nitrogens with zero attached hydrogens (tertiary/aromatic N) is 3. The molecule has 0 aliphatic carbocycles. The highest BCUT2D eigenvalue weighted by Gasteiger charge is 2.25. The van der Waals surface area contributed by atoms with Crippen LogP contribution < -0.4 is 5.56 Å². The standard InChI is InChI=1S/C21H16ClN3O3/c1-13-4-3-5-16(10-13)25-20(26)17-11-24(15-8-6-14(22)7-9-15)12-18(19(17)23-25)21(27)28-2/h3-12H,1-2H3. The van der Waals surface area contributed by atoms with E-state index in [2.05, 4.69) is 5.10 Å². The number of methoxy groups -OCH3 is 1. The lowest BCUT2D eigenvalue weighted by Crippen LogP contribution is -2.15. The Hall–Kier alpha value is -3.38. The molecular formula is C21H16ClN3O3. The van der Waals surface area contributed by atoms with Gasteiger partial charge in [0, 0.05) is 23.1 Å². The fourth-order valence-electron chi connectivity index (χ4n) is 3.06. The van der Waals surface area contributed by atoms with Crippen LogP contribution >= 0.6 is 11.6 Å². The summed E-state index contributed by atoms with van der Waals surface area (Å²) in [6.07, 6.45) is 3.26. The number of hydrogen-bond acceptors (Lipinski definition) is 4. The average Bonchev–Trinajstić information content (AvgIpc) is 3.04. The van der Waals surface area contributed by atoms with Gasteiger partial charge in [-0.3, -0.25) is 4.79 Å². The molecular weight excluding hydrogens is 378 g/mol. The molecule has 2 aromatic carbocycles. The predicted molar refractivity (Wildman–Crippen MR) is 107 cm³/mol. The van der Waals surface area contributed by atoms with Crippen molar-refractivity contribution < 1.29 is 9.53 Å². The fourth-order valence-corrected chi connectivity index (χ4v) is 3.19. The van der Waals surface area contributed by atoms with Gasteiger partial charge >= 0.3 is 5.97 Å². The summed E-state index contributed by atoms with van der Waals surface area (Å²) in [5, 5.41) is 5.00. The molecule has 0 amide bonds. The van der Waals surface area contributed by atoms with Crippen LogP contribution in [0.5, 0.6) is 0 Å². The third-order valence-electron chi connectivity index (χ3n) is 4.45. The zero-order valence-electron chi connectivity index (χ0n) is 15.2. The van der Waals surface area contributed by atoms with Crippen molar-refractivity contribution in [3.8, 4) is 22.6 Å². The third kappa shape index (κ3) is 3.08. The summed E-state index contributed by atoms with van der Waals surface area (Å²) in [5.41, 5.74) is 2.89. The fraction of sp³-hybridized carbons (Fsp3) is 0.0952. The van der Waals surface area contributed by atoms with Crippen LogP contribution in [0.3, 0.4) is 0 Å². The summed E-state index contributed by atoms with van der Waals surface area (Å²) in [6, 6.07) is 14.5. The number of aromatic nitrogens is 3. The molecule has 2 aromatic rings. The molecule has 0 spiro atoms. The topological polar surface area (TPSA) is 66.1 Å². The monoisotopic (exact) mass is 393 g/mol. The van der Waals surface area contributed by atoms with E-state index < -0.39 is 5.97 Å². The molecule has 0 fully saturated rings. The minimum absolute atomic E-state index is 0.207. The summed E-state index contributed by atoms with van der Waals surface area (Å²) in [5.74, 6) is -0.567. The Morgan fingerprint density at radius 3 is 2.50 bits per heavy atom. The van der Waals surface area contributed by atoms with Crippen LogP contribution in [-0.2, 0) is 4.74 Å². The van der Waals surface area contributed by atoms with Gasteiger partial charge in [-0.1, -0.05) is 23.7 Å². The van der Waals surface area contributed by atoms with Crippen LogP contribution in [-0.4, -0.2) is 27.4 Å². The Balaban J connectivity index is 1.99. The average molecular weight is 394 g/mol. The lowest BCUT2D eigenvalue weighted by Gasteiger charge is -2.11. The van der Waals surface area contributed by atoms with E-state index in [-0.39, 0.29) is 11.1 Å². The molecule has 0 radical (unpaired) electrons. The Bertz CT molecular complexity index is 1210. The van der Waals surface area contributed by atoms with Gasteiger partial charge in [0.05, 0.1) is 18.4 Å². The first-order valence-corrected chi connectivity index (χ1v) is 8.92. The normalized spacial score (nSPS) is 11.0. The number of halogens is 1. The third-order valence-corrected chi connectivity index (χ3v) is 4.70. The van der Waals surface area contributed by atoms with Crippen molar-refractivity contribution in [1.82, 2.24) is 14.3 Å². The second kappa shape index (κ2) is 6.98. The summed E-state index contributed by atoms with van der Waals surface area (Å²) < 4.78 is 7.89. The molecule has 0 saturated heterocycles. The second-order valence-electron chi connectivity index (χ2n) is 6.37. The quantitative estimate of drug-likeness (QED) is 0.495. The molecule has 7 heteroatoms. The zero-order valence-corrected chi connectivity index (χ0v) is 16.0. The Kier molecular flexibility index (Phi) is 4.49. The van der Waals surface area contributed by atoms with Crippen molar-refractivity contribution in [3.63, 3.8) is 0 Å². The number of benzene rings is 2. The predicted octanol–water partition coefficient (Wildman–Crippen LogP) is 3.88. The second-order valence-corrected chi connectivity index (χ2v) is 6.80. The van der Waals surface area contributed by atoms with Crippen molar-refractivity contribution in [1.29, 1.82) is 0 Å². The van der Waals surface area contributed by atoms with Gasteiger partial charge in [0.25, 0.3) is 5.56 Å². The molecule has 2 aliphatic rings.